The minimum Gasteiger partial charge on any atom is -0.366 e. The zero-order chi connectivity index (χ0) is 26.9. The van der Waals surface area contributed by atoms with Gasteiger partial charge in [-0.15, -0.1) is 0 Å². The van der Waals surface area contributed by atoms with Crippen molar-refractivity contribution in [3.05, 3.63) is 52.9 Å². The normalized spacial score (nSPS) is 16.0. The van der Waals surface area contributed by atoms with E-state index < -0.39 is 40.6 Å². The number of nitrogens with two attached hydrogens (primary N) is 1. The average molecular weight is 531 g/mol. The number of carbonyl (C=O) groups is 2. The summed E-state index contributed by atoms with van der Waals surface area (Å²) in [7, 11) is -3.98. The first-order valence-electron chi connectivity index (χ1n) is 11.5. The molecule has 194 valence electrons. The lowest BCUT2D eigenvalue weighted by molar-refractivity contribution is -0.0494. The number of rotatable bonds is 4. The Kier molecular flexibility index (Phi) is 5.63. The minimum absolute atomic E-state index is 0.0275. The van der Waals surface area contributed by atoms with Crippen molar-refractivity contribution in [3.8, 4) is 11.1 Å². The fourth-order valence-corrected chi connectivity index (χ4v) is 6.07. The van der Waals surface area contributed by atoms with Crippen LogP contribution >= 0.6 is 0 Å². The smallest absolute Gasteiger partial charge is 0.253 e. The predicted molar refractivity (Wildman–Crippen MR) is 133 cm³/mol. The van der Waals surface area contributed by atoms with Crippen molar-refractivity contribution in [1.82, 2.24) is 14.0 Å². The van der Waals surface area contributed by atoms with Gasteiger partial charge in [-0.05, 0) is 43.7 Å². The maximum Gasteiger partial charge on any atom is 0.253 e. The Bertz CT molecular complexity index is 1690. The fraction of sp³-hybridized carbons (Fsp3) is 0.320. The van der Waals surface area contributed by atoms with Crippen LogP contribution < -0.4 is 5.73 Å². The third-order valence-corrected chi connectivity index (χ3v) is 7.81. The van der Waals surface area contributed by atoms with Gasteiger partial charge < -0.3 is 15.2 Å². The summed E-state index contributed by atoms with van der Waals surface area (Å²) in [5, 5.41) is 4.86. The first-order chi connectivity index (χ1) is 17.3. The molecule has 1 aliphatic heterocycles. The fourth-order valence-electron chi connectivity index (χ4n) is 5.03. The number of hydrogen-bond donors (Lipinski definition) is 1. The maximum atomic E-state index is 13.6. The highest BCUT2D eigenvalue weighted by Gasteiger charge is 2.36. The molecule has 0 aliphatic carbocycles. The van der Waals surface area contributed by atoms with Gasteiger partial charge in [-0.25, -0.2) is 21.2 Å². The Hall–Kier alpha value is -3.80. The SMILES string of the molecule is Cc1noc(C)c1-c1cc(C(N)=O)c2c(c1)c1ccc(C(=O)N3CCC(F)(F)CC3)cc1n2S(C)(=O)=O. The maximum absolute atomic E-state index is 13.6. The number of hydrogen-bond acceptors (Lipinski definition) is 6. The standard InChI is InChI=1S/C25H24F2N4O5S/c1-13-21(14(2)36-29-13)16-10-18-17-5-4-15(24(33)30-8-6-25(26,27)7-9-30)12-20(17)31(37(3,34)35)22(18)19(11-16)23(28)32/h4-5,10-12H,6-9H2,1-3H3,(H2,28,32). The van der Waals surface area contributed by atoms with Crippen LogP contribution in [0.2, 0.25) is 0 Å². The van der Waals surface area contributed by atoms with Gasteiger partial charge in [-0.3, -0.25) is 9.59 Å². The number of primary amides is 1. The minimum atomic E-state index is -3.98. The van der Waals surface area contributed by atoms with Crippen LogP contribution in [0, 0.1) is 13.8 Å². The molecule has 0 atom stereocenters. The van der Waals surface area contributed by atoms with Crippen LogP contribution in [0.3, 0.4) is 0 Å². The molecule has 1 fully saturated rings. The Balaban J connectivity index is 1.77. The van der Waals surface area contributed by atoms with E-state index in [1.165, 1.54) is 23.1 Å². The third-order valence-electron chi connectivity index (χ3n) is 6.77. The molecule has 0 radical (unpaired) electrons. The number of halogens is 2. The van der Waals surface area contributed by atoms with Crippen molar-refractivity contribution in [2.24, 2.45) is 5.73 Å². The number of aromatic nitrogens is 2. The molecule has 5 rings (SSSR count). The molecule has 2 aromatic carbocycles. The number of piperidine rings is 1. The molecule has 4 aromatic rings. The molecule has 1 saturated heterocycles. The molecular formula is C25H24F2N4O5S. The van der Waals surface area contributed by atoms with Crippen LogP contribution in [0.5, 0.6) is 0 Å². The van der Waals surface area contributed by atoms with E-state index in [0.29, 0.717) is 33.4 Å². The molecule has 0 unspecified atom stereocenters. The second kappa shape index (κ2) is 8.37. The van der Waals surface area contributed by atoms with Gasteiger partial charge in [0.2, 0.25) is 10.0 Å². The number of aryl methyl sites for hydroxylation is 2. The van der Waals surface area contributed by atoms with Gasteiger partial charge in [0.25, 0.3) is 17.7 Å². The molecule has 9 nitrogen and oxygen atoms in total. The lowest BCUT2D eigenvalue weighted by Gasteiger charge is -2.31. The molecule has 0 spiro atoms. The number of alkyl halides is 2. The van der Waals surface area contributed by atoms with Crippen molar-refractivity contribution < 1.29 is 31.3 Å². The van der Waals surface area contributed by atoms with Gasteiger partial charge >= 0.3 is 0 Å². The Morgan fingerprint density at radius 2 is 1.76 bits per heavy atom. The largest absolute Gasteiger partial charge is 0.366 e. The molecule has 3 heterocycles. The summed E-state index contributed by atoms with van der Waals surface area (Å²) in [5.41, 5.74) is 7.88. The molecular weight excluding hydrogens is 506 g/mol. The lowest BCUT2D eigenvalue weighted by Crippen LogP contribution is -2.42. The highest BCUT2D eigenvalue weighted by molar-refractivity contribution is 7.89. The summed E-state index contributed by atoms with van der Waals surface area (Å²) in [6, 6.07) is 7.75. The molecule has 1 aliphatic rings. The van der Waals surface area contributed by atoms with Gasteiger partial charge in [0, 0.05) is 47.8 Å². The van der Waals surface area contributed by atoms with Gasteiger partial charge in [-0.2, -0.15) is 0 Å². The first kappa shape index (κ1) is 24.9. The van der Waals surface area contributed by atoms with Crippen molar-refractivity contribution in [3.63, 3.8) is 0 Å². The number of nitrogens with zero attached hydrogens (tertiary/aromatic N) is 3. The van der Waals surface area contributed by atoms with E-state index in [9.17, 15) is 26.8 Å². The summed E-state index contributed by atoms with van der Waals surface area (Å²) in [6.07, 6.45) is 0.119. The second-order valence-electron chi connectivity index (χ2n) is 9.39. The highest BCUT2D eigenvalue weighted by Crippen LogP contribution is 2.38. The number of likely N-dealkylation sites (tertiary alicyclic amines) is 1. The highest BCUT2D eigenvalue weighted by atomic mass is 32.2. The van der Waals surface area contributed by atoms with Gasteiger partial charge in [0.1, 0.15) is 5.76 Å². The van der Waals surface area contributed by atoms with E-state index in [2.05, 4.69) is 5.16 Å². The second-order valence-corrected chi connectivity index (χ2v) is 11.2. The Morgan fingerprint density at radius 3 is 2.32 bits per heavy atom. The molecule has 37 heavy (non-hydrogen) atoms. The van der Waals surface area contributed by atoms with Gasteiger partial charge in [0.15, 0.2) is 0 Å². The summed E-state index contributed by atoms with van der Waals surface area (Å²) in [4.78, 5) is 27.0. The zero-order valence-electron chi connectivity index (χ0n) is 20.3. The third kappa shape index (κ3) is 4.14. The first-order valence-corrected chi connectivity index (χ1v) is 13.4. The van der Waals surface area contributed by atoms with Crippen molar-refractivity contribution in [2.75, 3.05) is 19.3 Å². The molecule has 2 N–H and O–H groups in total. The van der Waals surface area contributed by atoms with Gasteiger partial charge in [-0.1, -0.05) is 11.2 Å². The summed E-state index contributed by atoms with van der Waals surface area (Å²) in [5.74, 6) is -3.61. The molecule has 2 amide bonds. The van der Waals surface area contributed by atoms with Crippen LogP contribution in [0.1, 0.15) is 45.0 Å². The van der Waals surface area contributed by atoms with Crippen LogP contribution in [0.15, 0.2) is 34.9 Å². The average Bonchev–Trinajstić information content (AvgIpc) is 3.33. The van der Waals surface area contributed by atoms with Crippen molar-refractivity contribution >= 4 is 43.6 Å². The van der Waals surface area contributed by atoms with E-state index in [-0.39, 0.29) is 35.2 Å². The summed E-state index contributed by atoms with van der Waals surface area (Å²) in [6.45, 7) is 3.25. The van der Waals surface area contributed by atoms with Crippen molar-refractivity contribution in [2.45, 2.75) is 32.6 Å². The van der Waals surface area contributed by atoms with Gasteiger partial charge in [0.05, 0.1) is 28.5 Å². The van der Waals surface area contributed by atoms with Crippen LogP contribution in [-0.4, -0.2) is 59.5 Å². The van der Waals surface area contributed by atoms with E-state index in [1.54, 1.807) is 26.0 Å². The molecule has 0 bridgehead atoms. The number of carbonyl (C=O) groups excluding carboxylic acids is 2. The zero-order valence-corrected chi connectivity index (χ0v) is 21.2. The molecule has 0 saturated carbocycles. The summed E-state index contributed by atoms with van der Waals surface area (Å²) < 4.78 is 59.4. The van der Waals surface area contributed by atoms with Crippen LogP contribution in [0.4, 0.5) is 8.78 Å². The van der Waals surface area contributed by atoms with Crippen molar-refractivity contribution in [1.29, 1.82) is 0 Å². The van der Waals surface area contributed by atoms with E-state index in [4.69, 9.17) is 10.3 Å². The van der Waals surface area contributed by atoms with E-state index >= 15 is 0 Å². The summed E-state index contributed by atoms with van der Waals surface area (Å²) >= 11 is 0. The quantitative estimate of drug-likeness (QED) is 0.427. The number of benzene rings is 2. The number of fused-ring (bicyclic) bond motifs is 3. The van der Waals surface area contributed by atoms with E-state index in [0.717, 1.165) is 10.2 Å². The Labute approximate surface area is 210 Å². The van der Waals surface area contributed by atoms with E-state index in [1.807, 2.05) is 0 Å². The monoisotopic (exact) mass is 530 g/mol. The molecule has 2 aromatic heterocycles. The van der Waals surface area contributed by atoms with Crippen LogP contribution in [0.25, 0.3) is 32.9 Å². The molecule has 12 heteroatoms. The predicted octanol–water partition coefficient (Wildman–Crippen LogP) is 3.84. The Morgan fingerprint density at radius 1 is 1.08 bits per heavy atom. The lowest BCUT2D eigenvalue weighted by atomic mass is 9.97. The van der Waals surface area contributed by atoms with Crippen LogP contribution in [-0.2, 0) is 10.0 Å². The number of amides is 2. The topological polar surface area (TPSA) is 128 Å².